The zero-order valence-corrected chi connectivity index (χ0v) is 13.2. The first-order valence-corrected chi connectivity index (χ1v) is 9.53. The lowest BCUT2D eigenvalue weighted by Crippen LogP contribution is -2.30. The van der Waals surface area contributed by atoms with Crippen LogP contribution in [0.15, 0.2) is 29.8 Å². The van der Waals surface area contributed by atoms with Crippen molar-refractivity contribution in [1.29, 1.82) is 0 Å². The number of sulfone groups is 1. The predicted molar refractivity (Wildman–Crippen MR) is 83.9 cm³/mol. The van der Waals surface area contributed by atoms with Gasteiger partial charge in [-0.05, 0) is 25.0 Å². The molecule has 1 aliphatic heterocycles. The number of hydrogen-bond acceptors (Lipinski definition) is 6. The first-order chi connectivity index (χ1) is 10.1. The topological polar surface area (TPSA) is 72.0 Å². The van der Waals surface area contributed by atoms with Crippen LogP contribution in [0.2, 0.25) is 0 Å². The Morgan fingerprint density at radius 3 is 3.00 bits per heavy atom. The van der Waals surface area contributed by atoms with Crippen molar-refractivity contribution in [3.63, 3.8) is 0 Å². The van der Waals surface area contributed by atoms with Gasteiger partial charge in [-0.25, -0.2) is 13.4 Å². The first kappa shape index (κ1) is 14.6. The van der Waals surface area contributed by atoms with Crippen LogP contribution in [0.25, 0.3) is 10.7 Å². The zero-order valence-electron chi connectivity index (χ0n) is 11.5. The first-order valence-electron chi connectivity index (χ1n) is 6.93. The van der Waals surface area contributed by atoms with Gasteiger partial charge in [0.2, 0.25) is 0 Å². The van der Waals surface area contributed by atoms with Crippen molar-refractivity contribution < 1.29 is 8.42 Å². The average Bonchev–Trinajstić information content (AvgIpc) is 3.07. The van der Waals surface area contributed by atoms with Gasteiger partial charge in [0, 0.05) is 24.7 Å². The Balaban J connectivity index is 1.56. The number of pyridine rings is 1. The molecular weight excluding hydrogens is 306 g/mol. The molecule has 1 fully saturated rings. The van der Waals surface area contributed by atoms with Gasteiger partial charge in [0.15, 0.2) is 9.84 Å². The molecule has 0 amide bonds. The van der Waals surface area contributed by atoms with Gasteiger partial charge in [-0.3, -0.25) is 4.98 Å². The Labute approximate surface area is 128 Å². The Hall–Kier alpha value is -1.31. The summed E-state index contributed by atoms with van der Waals surface area (Å²) in [5.41, 5.74) is 1.79. The van der Waals surface area contributed by atoms with Crippen LogP contribution in [0.5, 0.6) is 0 Å². The minimum absolute atomic E-state index is 0.230. The lowest BCUT2D eigenvalue weighted by atomic mass is 10.2. The van der Waals surface area contributed by atoms with Gasteiger partial charge in [-0.1, -0.05) is 6.07 Å². The molecule has 2 aromatic rings. The van der Waals surface area contributed by atoms with E-state index in [1.807, 2.05) is 23.6 Å². The van der Waals surface area contributed by atoms with E-state index in [-0.39, 0.29) is 5.25 Å². The minimum Gasteiger partial charge on any atom is -0.310 e. The summed E-state index contributed by atoms with van der Waals surface area (Å²) in [4.78, 5) is 8.80. The molecule has 0 saturated carbocycles. The van der Waals surface area contributed by atoms with Crippen molar-refractivity contribution in [1.82, 2.24) is 15.3 Å². The summed E-state index contributed by atoms with van der Waals surface area (Å²) >= 11 is 1.55. The van der Waals surface area contributed by atoms with Crippen molar-refractivity contribution in [2.24, 2.45) is 0 Å². The molecule has 112 valence electrons. The largest absolute Gasteiger partial charge is 0.310 e. The Morgan fingerprint density at radius 1 is 1.38 bits per heavy atom. The van der Waals surface area contributed by atoms with Crippen LogP contribution in [0.3, 0.4) is 0 Å². The molecular formula is C14H17N3O2S2. The summed E-state index contributed by atoms with van der Waals surface area (Å²) in [6, 6.07) is 5.75. The molecule has 3 rings (SSSR count). The van der Waals surface area contributed by atoms with Crippen LogP contribution in [-0.2, 0) is 16.4 Å². The molecule has 1 N–H and O–H groups in total. The zero-order chi connectivity index (χ0) is 14.7. The lowest BCUT2D eigenvalue weighted by molar-refractivity contribution is 0.573. The molecule has 0 spiro atoms. The Bertz CT molecular complexity index is 698. The van der Waals surface area contributed by atoms with Crippen molar-refractivity contribution in [3.05, 3.63) is 35.5 Å². The van der Waals surface area contributed by atoms with E-state index in [4.69, 9.17) is 0 Å². The summed E-state index contributed by atoms with van der Waals surface area (Å²) in [6.45, 7) is 1.11. The fourth-order valence-electron chi connectivity index (χ4n) is 2.44. The lowest BCUT2D eigenvalue weighted by Gasteiger charge is -2.09. The van der Waals surface area contributed by atoms with E-state index in [0.29, 0.717) is 18.8 Å². The number of hydrogen-bond donors (Lipinski definition) is 1. The summed E-state index contributed by atoms with van der Waals surface area (Å²) in [5.74, 6) is 0.333. The Kier molecular flexibility index (Phi) is 4.32. The van der Waals surface area contributed by atoms with Crippen LogP contribution in [0.1, 0.15) is 18.5 Å². The number of nitrogens with one attached hydrogen (secondary N) is 1. The molecule has 1 atom stereocenters. The molecule has 21 heavy (non-hydrogen) atoms. The molecule has 0 bridgehead atoms. The Morgan fingerprint density at radius 2 is 2.29 bits per heavy atom. The summed E-state index contributed by atoms with van der Waals surface area (Å²) in [5, 5.41) is 5.85. The molecule has 3 heterocycles. The van der Waals surface area contributed by atoms with Gasteiger partial charge in [0.25, 0.3) is 0 Å². The normalized spacial score (nSPS) is 20.7. The van der Waals surface area contributed by atoms with E-state index in [1.165, 1.54) is 0 Å². The molecule has 2 aromatic heterocycles. The van der Waals surface area contributed by atoms with Gasteiger partial charge in [0.05, 0.1) is 22.4 Å². The van der Waals surface area contributed by atoms with Gasteiger partial charge in [0.1, 0.15) is 5.01 Å². The molecule has 0 radical (unpaired) electrons. The molecule has 1 saturated heterocycles. The van der Waals surface area contributed by atoms with Gasteiger partial charge in [-0.2, -0.15) is 0 Å². The van der Waals surface area contributed by atoms with E-state index in [0.717, 1.165) is 29.2 Å². The fraction of sp³-hybridized carbons (Fsp3) is 0.429. The SMILES string of the molecule is O=S1(=O)CCC[C@@H]1CNCc1csc(-c2ccccn2)n1. The van der Waals surface area contributed by atoms with Crippen LogP contribution in [0, 0.1) is 0 Å². The molecule has 0 aromatic carbocycles. The van der Waals surface area contributed by atoms with Crippen LogP contribution < -0.4 is 5.32 Å². The monoisotopic (exact) mass is 323 g/mol. The van der Waals surface area contributed by atoms with Crippen molar-refractivity contribution in [2.75, 3.05) is 12.3 Å². The quantitative estimate of drug-likeness (QED) is 0.909. The standard InChI is InChI=1S/C14H17N3O2S2/c18-21(19)7-3-4-12(21)9-15-8-11-10-20-14(17-11)13-5-1-2-6-16-13/h1-2,5-6,10,12,15H,3-4,7-9H2/t12-/m1/s1. The van der Waals surface area contributed by atoms with Crippen molar-refractivity contribution in [3.8, 4) is 10.7 Å². The van der Waals surface area contributed by atoms with Crippen molar-refractivity contribution >= 4 is 21.2 Å². The smallest absolute Gasteiger partial charge is 0.154 e. The predicted octanol–water partition coefficient (Wildman–Crippen LogP) is 1.87. The second-order valence-electron chi connectivity index (χ2n) is 5.12. The highest BCUT2D eigenvalue weighted by molar-refractivity contribution is 7.92. The third-order valence-corrected chi connectivity index (χ3v) is 6.77. The highest BCUT2D eigenvalue weighted by Gasteiger charge is 2.30. The molecule has 0 aliphatic carbocycles. The molecule has 5 nitrogen and oxygen atoms in total. The van der Waals surface area contributed by atoms with Crippen LogP contribution >= 0.6 is 11.3 Å². The van der Waals surface area contributed by atoms with E-state index in [1.54, 1.807) is 17.5 Å². The highest BCUT2D eigenvalue weighted by Crippen LogP contribution is 2.22. The number of aromatic nitrogens is 2. The molecule has 1 aliphatic rings. The third-order valence-electron chi connectivity index (χ3n) is 3.58. The number of rotatable bonds is 5. The summed E-state index contributed by atoms with van der Waals surface area (Å²) in [7, 11) is -2.87. The number of nitrogens with zero attached hydrogens (tertiary/aromatic N) is 2. The fourth-order valence-corrected chi connectivity index (χ4v) is 5.04. The minimum atomic E-state index is -2.87. The maximum Gasteiger partial charge on any atom is 0.154 e. The van der Waals surface area contributed by atoms with Gasteiger partial charge < -0.3 is 5.32 Å². The maximum absolute atomic E-state index is 11.7. The van der Waals surface area contributed by atoms with E-state index in [2.05, 4.69) is 15.3 Å². The third kappa shape index (κ3) is 3.48. The van der Waals surface area contributed by atoms with Gasteiger partial charge >= 0.3 is 0 Å². The molecule has 7 heteroatoms. The second kappa shape index (κ2) is 6.21. The van der Waals surface area contributed by atoms with Crippen LogP contribution in [-0.4, -0.2) is 35.9 Å². The number of thiazole rings is 1. The highest BCUT2D eigenvalue weighted by atomic mass is 32.2. The van der Waals surface area contributed by atoms with Crippen LogP contribution in [0.4, 0.5) is 0 Å². The van der Waals surface area contributed by atoms with E-state index >= 15 is 0 Å². The summed E-state index contributed by atoms with van der Waals surface area (Å²) < 4.78 is 23.5. The second-order valence-corrected chi connectivity index (χ2v) is 8.38. The summed E-state index contributed by atoms with van der Waals surface area (Å²) in [6.07, 6.45) is 3.31. The average molecular weight is 323 g/mol. The van der Waals surface area contributed by atoms with Crippen molar-refractivity contribution in [2.45, 2.75) is 24.6 Å². The van der Waals surface area contributed by atoms with E-state index < -0.39 is 9.84 Å². The van der Waals surface area contributed by atoms with Gasteiger partial charge in [-0.15, -0.1) is 11.3 Å². The maximum atomic E-state index is 11.7. The molecule has 0 unspecified atom stereocenters. The van der Waals surface area contributed by atoms with E-state index in [9.17, 15) is 8.42 Å².